The van der Waals surface area contributed by atoms with Crippen LogP contribution in [-0.2, 0) is 6.42 Å². The molecule has 3 nitrogen and oxygen atoms in total. The molecule has 0 heterocycles. The van der Waals surface area contributed by atoms with Crippen LogP contribution in [0.25, 0.3) is 0 Å². The van der Waals surface area contributed by atoms with Gasteiger partial charge in [0, 0.05) is 11.7 Å². The third kappa shape index (κ3) is 3.60. The normalized spacial score (nSPS) is 12.0. The van der Waals surface area contributed by atoms with Crippen molar-refractivity contribution in [2.75, 3.05) is 5.32 Å². The molecule has 0 aliphatic heterocycles. The van der Waals surface area contributed by atoms with Gasteiger partial charge in [-0.3, -0.25) is 0 Å². The summed E-state index contributed by atoms with van der Waals surface area (Å²) in [6.45, 7) is 4.08. The predicted octanol–water partition coefficient (Wildman–Crippen LogP) is 4.26. The highest BCUT2D eigenvalue weighted by molar-refractivity contribution is 5.89. The number of hydrogen-bond donors (Lipinski definition) is 2. The molecule has 1 atom stereocenters. The van der Waals surface area contributed by atoms with Gasteiger partial charge in [0.1, 0.15) is 5.82 Å². The van der Waals surface area contributed by atoms with Crippen LogP contribution < -0.4 is 5.32 Å². The zero-order valence-electron chi connectivity index (χ0n) is 12.1. The molecule has 21 heavy (non-hydrogen) atoms. The fourth-order valence-corrected chi connectivity index (χ4v) is 2.15. The van der Waals surface area contributed by atoms with Crippen molar-refractivity contribution in [3.8, 4) is 0 Å². The molecule has 2 aromatic carbocycles. The number of hydrogen-bond acceptors (Lipinski definition) is 2. The van der Waals surface area contributed by atoms with Gasteiger partial charge in [0.05, 0.1) is 5.56 Å². The minimum Gasteiger partial charge on any atom is -0.478 e. The van der Waals surface area contributed by atoms with Crippen LogP contribution in [0.3, 0.4) is 0 Å². The first-order valence-corrected chi connectivity index (χ1v) is 6.89. The number of benzene rings is 2. The van der Waals surface area contributed by atoms with Crippen molar-refractivity contribution in [2.24, 2.45) is 0 Å². The van der Waals surface area contributed by atoms with Gasteiger partial charge in [0.2, 0.25) is 0 Å². The number of carboxylic acids is 1. The van der Waals surface area contributed by atoms with Crippen LogP contribution in [0.5, 0.6) is 0 Å². The topological polar surface area (TPSA) is 49.3 Å². The largest absolute Gasteiger partial charge is 0.478 e. The lowest BCUT2D eigenvalue weighted by atomic mass is 10.0. The van der Waals surface area contributed by atoms with E-state index in [4.69, 9.17) is 5.11 Å². The van der Waals surface area contributed by atoms with Gasteiger partial charge in [-0.25, -0.2) is 9.18 Å². The Morgan fingerprint density at radius 2 is 1.90 bits per heavy atom. The van der Waals surface area contributed by atoms with Gasteiger partial charge in [-0.2, -0.15) is 0 Å². The maximum absolute atomic E-state index is 13.4. The number of anilines is 1. The summed E-state index contributed by atoms with van der Waals surface area (Å²) >= 11 is 0. The van der Waals surface area contributed by atoms with Gasteiger partial charge >= 0.3 is 5.97 Å². The van der Waals surface area contributed by atoms with Crippen molar-refractivity contribution in [1.29, 1.82) is 0 Å². The second kappa shape index (κ2) is 6.39. The molecule has 2 rings (SSSR count). The molecule has 0 fully saturated rings. The van der Waals surface area contributed by atoms with Gasteiger partial charge in [-0.15, -0.1) is 0 Å². The summed E-state index contributed by atoms with van der Waals surface area (Å²) in [7, 11) is 0. The quantitative estimate of drug-likeness (QED) is 0.864. The lowest BCUT2D eigenvalue weighted by Gasteiger charge is -2.16. The molecular weight excluding hydrogens is 269 g/mol. The first-order valence-electron chi connectivity index (χ1n) is 6.89. The summed E-state index contributed by atoms with van der Waals surface area (Å²) in [6, 6.07) is 12.2. The number of halogens is 1. The molecule has 0 aromatic heterocycles. The summed E-state index contributed by atoms with van der Waals surface area (Å²) in [5, 5.41) is 12.1. The number of aryl methyl sites for hydroxylation is 1. The minimum absolute atomic E-state index is 0.00279. The van der Waals surface area contributed by atoms with Crippen molar-refractivity contribution in [2.45, 2.75) is 26.3 Å². The zero-order chi connectivity index (χ0) is 15.4. The Bertz CT molecular complexity index is 638. The molecule has 0 aliphatic carbocycles. The van der Waals surface area contributed by atoms with E-state index in [-0.39, 0.29) is 11.6 Å². The molecule has 0 radical (unpaired) electrons. The van der Waals surface area contributed by atoms with Crippen LogP contribution in [0.15, 0.2) is 42.5 Å². The van der Waals surface area contributed by atoms with E-state index in [0.717, 1.165) is 12.0 Å². The van der Waals surface area contributed by atoms with E-state index in [1.165, 1.54) is 17.7 Å². The Hall–Kier alpha value is -2.36. The summed E-state index contributed by atoms with van der Waals surface area (Å²) in [5.74, 6) is -2.00. The smallest absolute Gasteiger partial charge is 0.338 e. The van der Waals surface area contributed by atoms with E-state index in [1.807, 2.05) is 19.1 Å². The van der Waals surface area contributed by atoms with Gasteiger partial charge in [0.25, 0.3) is 0 Å². The summed E-state index contributed by atoms with van der Waals surface area (Å²) in [5.41, 5.74) is 2.61. The lowest BCUT2D eigenvalue weighted by Crippen LogP contribution is -2.08. The molecule has 4 heteroatoms. The monoisotopic (exact) mass is 287 g/mol. The van der Waals surface area contributed by atoms with Crippen molar-refractivity contribution in [1.82, 2.24) is 0 Å². The van der Waals surface area contributed by atoms with Crippen LogP contribution >= 0.6 is 0 Å². The number of carboxylic acid groups (broad SMARTS) is 1. The molecule has 0 saturated heterocycles. The van der Waals surface area contributed by atoms with Crippen LogP contribution in [0.1, 0.15) is 41.4 Å². The van der Waals surface area contributed by atoms with E-state index in [9.17, 15) is 9.18 Å². The summed E-state index contributed by atoms with van der Waals surface area (Å²) in [4.78, 5) is 10.9. The number of aromatic carboxylic acids is 1. The Morgan fingerprint density at radius 3 is 2.48 bits per heavy atom. The van der Waals surface area contributed by atoms with E-state index in [0.29, 0.717) is 5.69 Å². The lowest BCUT2D eigenvalue weighted by molar-refractivity contribution is 0.0692. The van der Waals surface area contributed by atoms with E-state index in [1.54, 1.807) is 6.07 Å². The zero-order valence-corrected chi connectivity index (χ0v) is 12.1. The van der Waals surface area contributed by atoms with Crippen LogP contribution in [0, 0.1) is 5.82 Å². The Balaban J connectivity index is 2.16. The second-order valence-corrected chi connectivity index (χ2v) is 4.96. The van der Waals surface area contributed by atoms with Crippen LogP contribution in [0.4, 0.5) is 10.1 Å². The molecule has 110 valence electrons. The van der Waals surface area contributed by atoms with Gasteiger partial charge < -0.3 is 10.4 Å². The molecule has 2 aromatic rings. The molecule has 2 N–H and O–H groups in total. The third-order valence-corrected chi connectivity index (χ3v) is 3.47. The highest BCUT2D eigenvalue weighted by Crippen LogP contribution is 2.22. The van der Waals surface area contributed by atoms with Crippen molar-refractivity contribution < 1.29 is 14.3 Å². The molecule has 0 aliphatic rings. The number of carbonyl (C=O) groups is 1. The first kappa shape index (κ1) is 15.0. The predicted molar refractivity (Wildman–Crippen MR) is 81.2 cm³/mol. The number of nitrogens with one attached hydrogen (secondary N) is 1. The molecule has 0 bridgehead atoms. The summed E-state index contributed by atoms with van der Waals surface area (Å²) in [6.07, 6.45) is 0.988. The highest BCUT2D eigenvalue weighted by Gasteiger charge is 2.12. The Labute approximate surface area is 123 Å². The Kier molecular flexibility index (Phi) is 4.58. The maximum Gasteiger partial charge on any atom is 0.338 e. The molecule has 0 amide bonds. The fraction of sp³-hybridized carbons (Fsp3) is 0.235. The standard InChI is InChI=1S/C17H18FNO2/c1-3-12-4-6-13(7-5-12)11(2)19-14-8-9-16(18)15(10-14)17(20)21/h4-11,19H,3H2,1-2H3,(H,20,21). The average molecular weight is 287 g/mol. The van der Waals surface area contributed by atoms with Gasteiger partial charge in [-0.1, -0.05) is 31.2 Å². The molecule has 1 unspecified atom stereocenters. The first-order chi connectivity index (χ1) is 10.0. The number of rotatable bonds is 5. The van der Waals surface area contributed by atoms with E-state index < -0.39 is 11.8 Å². The highest BCUT2D eigenvalue weighted by atomic mass is 19.1. The molecule has 0 saturated carbocycles. The van der Waals surface area contributed by atoms with E-state index in [2.05, 4.69) is 24.4 Å². The average Bonchev–Trinajstić information content (AvgIpc) is 2.49. The fourth-order valence-electron chi connectivity index (χ4n) is 2.15. The van der Waals surface area contributed by atoms with Crippen molar-refractivity contribution in [3.05, 3.63) is 65.0 Å². The molecule has 0 spiro atoms. The van der Waals surface area contributed by atoms with E-state index >= 15 is 0 Å². The van der Waals surface area contributed by atoms with Crippen LogP contribution in [0.2, 0.25) is 0 Å². The SMILES string of the molecule is CCc1ccc(C(C)Nc2ccc(F)c(C(=O)O)c2)cc1. The van der Waals surface area contributed by atoms with Gasteiger partial charge in [-0.05, 0) is 42.7 Å². The van der Waals surface area contributed by atoms with Crippen LogP contribution in [-0.4, -0.2) is 11.1 Å². The van der Waals surface area contributed by atoms with Gasteiger partial charge in [0.15, 0.2) is 0 Å². The van der Waals surface area contributed by atoms with Crippen molar-refractivity contribution in [3.63, 3.8) is 0 Å². The minimum atomic E-state index is -1.27. The molecular formula is C17H18FNO2. The summed E-state index contributed by atoms with van der Waals surface area (Å²) < 4.78 is 13.4. The Morgan fingerprint density at radius 1 is 1.24 bits per heavy atom. The third-order valence-electron chi connectivity index (χ3n) is 3.47. The van der Waals surface area contributed by atoms with Crippen molar-refractivity contribution >= 4 is 11.7 Å². The second-order valence-electron chi connectivity index (χ2n) is 4.96. The maximum atomic E-state index is 13.4.